The van der Waals surface area contributed by atoms with Crippen molar-refractivity contribution in [1.29, 1.82) is 0 Å². The van der Waals surface area contributed by atoms with Crippen LogP contribution in [0.3, 0.4) is 0 Å². The van der Waals surface area contributed by atoms with Crippen molar-refractivity contribution in [1.82, 2.24) is 4.98 Å². The molecule has 0 radical (unpaired) electrons. The van der Waals surface area contributed by atoms with E-state index in [-0.39, 0.29) is 5.56 Å². The molecular weight excluding hydrogens is 264 g/mol. The van der Waals surface area contributed by atoms with Gasteiger partial charge in [-0.25, -0.2) is 9.37 Å². The first kappa shape index (κ1) is 10.2. The molecule has 0 unspecified atom stereocenters. The van der Waals surface area contributed by atoms with Crippen LogP contribution in [0, 0.1) is 11.8 Å². The zero-order valence-electron chi connectivity index (χ0n) is 7.55. The zero-order chi connectivity index (χ0) is 10.8. The molecule has 1 aromatic heterocycles. The van der Waals surface area contributed by atoms with Crippen molar-refractivity contribution < 1.29 is 8.78 Å². The summed E-state index contributed by atoms with van der Waals surface area (Å²) >= 11 is 3.27. The van der Waals surface area contributed by atoms with Crippen LogP contribution >= 0.6 is 15.9 Å². The third-order valence-corrected chi connectivity index (χ3v) is 2.43. The van der Waals surface area contributed by atoms with Crippen LogP contribution in [0.25, 0.3) is 11.1 Å². The highest BCUT2D eigenvalue weighted by atomic mass is 79.9. The summed E-state index contributed by atoms with van der Waals surface area (Å²) in [7, 11) is 0. The van der Waals surface area contributed by atoms with Gasteiger partial charge in [0.1, 0.15) is 5.82 Å². The van der Waals surface area contributed by atoms with Gasteiger partial charge in [-0.2, -0.15) is 4.39 Å². The van der Waals surface area contributed by atoms with E-state index in [0.717, 1.165) is 16.7 Å². The highest BCUT2D eigenvalue weighted by molar-refractivity contribution is 9.10. The fourth-order valence-electron chi connectivity index (χ4n) is 1.28. The molecule has 2 rings (SSSR count). The van der Waals surface area contributed by atoms with Crippen molar-refractivity contribution >= 4 is 15.9 Å². The van der Waals surface area contributed by atoms with Crippen LogP contribution in [0.1, 0.15) is 0 Å². The predicted octanol–water partition coefficient (Wildman–Crippen LogP) is 3.79. The molecule has 76 valence electrons. The van der Waals surface area contributed by atoms with Crippen molar-refractivity contribution in [3.8, 4) is 11.1 Å². The quantitative estimate of drug-likeness (QED) is 0.718. The van der Waals surface area contributed by atoms with E-state index in [4.69, 9.17) is 0 Å². The first-order chi connectivity index (χ1) is 7.16. The van der Waals surface area contributed by atoms with Gasteiger partial charge < -0.3 is 0 Å². The topological polar surface area (TPSA) is 12.9 Å². The lowest BCUT2D eigenvalue weighted by Crippen LogP contribution is -1.90. The number of aromatic nitrogens is 1. The third kappa shape index (κ3) is 2.21. The second-order valence-electron chi connectivity index (χ2n) is 3.00. The Morgan fingerprint density at radius 3 is 2.67 bits per heavy atom. The molecule has 1 aromatic carbocycles. The van der Waals surface area contributed by atoms with Gasteiger partial charge in [0.05, 0.1) is 6.20 Å². The van der Waals surface area contributed by atoms with Gasteiger partial charge in [-0.3, -0.25) is 0 Å². The normalized spacial score (nSPS) is 10.3. The van der Waals surface area contributed by atoms with Crippen molar-refractivity contribution in [2.45, 2.75) is 0 Å². The Labute approximate surface area is 93.9 Å². The maximum Gasteiger partial charge on any atom is 0.220 e. The van der Waals surface area contributed by atoms with Gasteiger partial charge in [-0.15, -0.1) is 0 Å². The number of hydrogen-bond donors (Lipinski definition) is 0. The summed E-state index contributed by atoms with van der Waals surface area (Å²) in [5.41, 5.74) is 0.755. The second-order valence-corrected chi connectivity index (χ2v) is 3.92. The largest absolute Gasteiger partial charge is 0.225 e. The second kappa shape index (κ2) is 4.06. The lowest BCUT2D eigenvalue weighted by molar-refractivity contribution is 0.563. The van der Waals surface area contributed by atoms with Gasteiger partial charge in [-0.05, 0) is 23.8 Å². The van der Waals surface area contributed by atoms with Crippen LogP contribution in [0.4, 0.5) is 8.78 Å². The molecule has 0 saturated heterocycles. The Bertz CT molecular complexity index is 500. The minimum atomic E-state index is -0.672. The van der Waals surface area contributed by atoms with Gasteiger partial charge in [0.15, 0.2) is 0 Å². The van der Waals surface area contributed by atoms with Gasteiger partial charge >= 0.3 is 0 Å². The molecule has 2 aromatic rings. The molecule has 1 heterocycles. The highest BCUT2D eigenvalue weighted by Gasteiger charge is 2.07. The van der Waals surface area contributed by atoms with Gasteiger partial charge in [-0.1, -0.05) is 28.1 Å². The molecule has 0 N–H and O–H groups in total. The number of pyridine rings is 1. The number of benzene rings is 1. The maximum atomic E-state index is 13.3. The van der Waals surface area contributed by atoms with Gasteiger partial charge in [0.25, 0.3) is 0 Å². The minimum absolute atomic E-state index is 0.163. The van der Waals surface area contributed by atoms with Crippen LogP contribution < -0.4 is 0 Å². The molecule has 0 saturated carbocycles. The third-order valence-electron chi connectivity index (χ3n) is 1.94. The Balaban J connectivity index is 2.58. The molecule has 15 heavy (non-hydrogen) atoms. The van der Waals surface area contributed by atoms with E-state index >= 15 is 0 Å². The molecule has 0 aliphatic heterocycles. The predicted molar refractivity (Wildman–Crippen MR) is 57.3 cm³/mol. The molecule has 0 fully saturated rings. The van der Waals surface area contributed by atoms with Crippen LogP contribution in [0.5, 0.6) is 0 Å². The van der Waals surface area contributed by atoms with Crippen LogP contribution in [0.15, 0.2) is 41.0 Å². The van der Waals surface area contributed by atoms with Crippen molar-refractivity contribution in [2.24, 2.45) is 0 Å². The minimum Gasteiger partial charge on any atom is -0.225 e. The number of nitrogens with zero attached hydrogens (tertiary/aromatic N) is 1. The average Bonchev–Trinajstić information content (AvgIpc) is 2.22. The Morgan fingerprint density at radius 1 is 1.13 bits per heavy atom. The molecule has 0 atom stereocenters. The summed E-state index contributed by atoms with van der Waals surface area (Å²) in [5, 5.41) is 0. The molecule has 4 heteroatoms. The lowest BCUT2D eigenvalue weighted by atomic mass is 10.1. The van der Waals surface area contributed by atoms with Crippen LogP contribution in [-0.2, 0) is 0 Å². The summed E-state index contributed by atoms with van der Waals surface area (Å²) in [6.07, 6.45) is 0.858. The number of halogens is 3. The van der Waals surface area contributed by atoms with E-state index in [1.165, 1.54) is 0 Å². The van der Waals surface area contributed by atoms with Crippen molar-refractivity contribution in [2.75, 3.05) is 0 Å². The maximum absolute atomic E-state index is 13.3. The first-order valence-electron chi connectivity index (χ1n) is 4.24. The van der Waals surface area contributed by atoms with Crippen LogP contribution in [-0.4, -0.2) is 4.98 Å². The van der Waals surface area contributed by atoms with E-state index in [2.05, 4.69) is 20.9 Å². The Kier molecular flexibility index (Phi) is 2.77. The van der Waals surface area contributed by atoms with E-state index in [1.54, 1.807) is 18.2 Å². The number of hydrogen-bond acceptors (Lipinski definition) is 1. The van der Waals surface area contributed by atoms with Gasteiger partial charge in [0, 0.05) is 10.0 Å². The van der Waals surface area contributed by atoms with Gasteiger partial charge in [0.2, 0.25) is 5.95 Å². The molecule has 0 spiro atoms. The van der Waals surface area contributed by atoms with E-state index < -0.39 is 11.8 Å². The SMILES string of the molecule is Fc1cnc(F)c(-c2cccc(Br)c2)c1. The molecule has 0 aliphatic rings. The molecule has 1 nitrogen and oxygen atoms in total. The summed E-state index contributed by atoms with van der Waals surface area (Å²) in [6.45, 7) is 0. The summed E-state index contributed by atoms with van der Waals surface area (Å²) in [6, 6.07) is 8.10. The molecule has 0 amide bonds. The Hall–Kier alpha value is -1.29. The molecule has 0 bridgehead atoms. The van der Waals surface area contributed by atoms with E-state index in [9.17, 15) is 8.78 Å². The average molecular weight is 270 g/mol. The monoisotopic (exact) mass is 269 g/mol. The summed E-state index contributed by atoms with van der Waals surface area (Å²) < 4.78 is 27.0. The Morgan fingerprint density at radius 2 is 1.93 bits per heavy atom. The molecule has 0 aliphatic carbocycles. The lowest BCUT2D eigenvalue weighted by Gasteiger charge is -2.03. The smallest absolute Gasteiger partial charge is 0.220 e. The van der Waals surface area contributed by atoms with Crippen LogP contribution in [0.2, 0.25) is 0 Å². The highest BCUT2D eigenvalue weighted by Crippen LogP contribution is 2.24. The first-order valence-corrected chi connectivity index (χ1v) is 5.03. The van der Waals surface area contributed by atoms with E-state index in [1.807, 2.05) is 6.07 Å². The fourth-order valence-corrected chi connectivity index (χ4v) is 1.68. The van der Waals surface area contributed by atoms with E-state index in [0.29, 0.717) is 5.56 Å². The zero-order valence-corrected chi connectivity index (χ0v) is 9.13. The summed E-state index contributed by atoms with van der Waals surface area (Å²) in [5.74, 6) is -1.22. The standard InChI is InChI=1S/C11H6BrF2N/c12-8-3-1-2-7(4-8)10-5-9(13)6-15-11(10)14/h1-6H. The molecular formula is C11H6BrF2N. The number of rotatable bonds is 1. The fraction of sp³-hybridized carbons (Fsp3) is 0. The summed E-state index contributed by atoms with van der Waals surface area (Å²) in [4.78, 5) is 3.33. The van der Waals surface area contributed by atoms with Crippen molar-refractivity contribution in [3.05, 3.63) is 52.8 Å². The van der Waals surface area contributed by atoms with Crippen molar-refractivity contribution in [3.63, 3.8) is 0 Å².